The third-order valence-corrected chi connectivity index (χ3v) is 8.07. The smallest absolute Gasteiger partial charge is 0.243 e. The Bertz CT molecular complexity index is 1060. The van der Waals surface area contributed by atoms with Crippen molar-refractivity contribution in [2.75, 3.05) is 12.4 Å². The average molecular weight is 472 g/mol. The van der Waals surface area contributed by atoms with Crippen LogP contribution in [0.3, 0.4) is 0 Å². The second kappa shape index (κ2) is 10.9. The second-order valence-corrected chi connectivity index (χ2v) is 10.8. The SMILES string of the molecule is CC(=O)NC(CC(=O)Nc1ccc(S(=O)(=O)N(C)C2CCCCC2)cc1)c1ccc(C)cc1. The number of amides is 2. The molecule has 1 aliphatic carbocycles. The standard InChI is InChI=1S/C25H33N3O4S/c1-18-9-11-20(12-10-18)24(26-19(2)29)17-25(30)27-21-13-15-23(16-14-21)33(31,32)28(3)22-7-5-4-6-8-22/h9-16,22,24H,4-8,17H2,1-3H3,(H,26,29)(H,27,30). The first-order chi connectivity index (χ1) is 15.7. The molecule has 2 aromatic carbocycles. The Balaban J connectivity index is 1.66. The first kappa shape index (κ1) is 24.9. The number of carbonyl (C=O) groups excluding carboxylic acids is 2. The van der Waals surface area contributed by atoms with Gasteiger partial charge in [0.1, 0.15) is 0 Å². The Labute approximate surface area is 196 Å². The number of aryl methyl sites for hydroxylation is 1. The molecule has 0 radical (unpaired) electrons. The molecule has 1 saturated carbocycles. The van der Waals surface area contributed by atoms with Gasteiger partial charge >= 0.3 is 0 Å². The molecule has 1 aliphatic rings. The lowest BCUT2D eigenvalue weighted by molar-refractivity contribution is -0.120. The zero-order chi connectivity index (χ0) is 24.0. The minimum Gasteiger partial charge on any atom is -0.349 e. The number of hydrogen-bond acceptors (Lipinski definition) is 4. The molecule has 1 fully saturated rings. The van der Waals surface area contributed by atoms with Crippen LogP contribution in [0.5, 0.6) is 0 Å². The number of carbonyl (C=O) groups is 2. The lowest BCUT2D eigenvalue weighted by atomic mass is 9.96. The molecule has 33 heavy (non-hydrogen) atoms. The predicted molar refractivity (Wildman–Crippen MR) is 129 cm³/mol. The molecule has 2 aromatic rings. The molecule has 0 bridgehead atoms. The number of benzene rings is 2. The van der Waals surface area contributed by atoms with Crippen LogP contribution in [0.4, 0.5) is 5.69 Å². The highest BCUT2D eigenvalue weighted by Gasteiger charge is 2.29. The molecule has 7 nitrogen and oxygen atoms in total. The molecule has 2 amide bonds. The Hall–Kier alpha value is -2.71. The lowest BCUT2D eigenvalue weighted by Crippen LogP contribution is -2.38. The zero-order valence-corrected chi connectivity index (χ0v) is 20.3. The molecule has 0 spiro atoms. The Kier molecular flexibility index (Phi) is 8.26. The van der Waals surface area contributed by atoms with Crippen LogP contribution in [-0.2, 0) is 19.6 Å². The fourth-order valence-electron chi connectivity index (χ4n) is 4.21. The molecule has 0 heterocycles. The quantitative estimate of drug-likeness (QED) is 0.604. The van der Waals surface area contributed by atoms with E-state index in [9.17, 15) is 18.0 Å². The minimum atomic E-state index is -3.58. The zero-order valence-electron chi connectivity index (χ0n) is 19.5. The molecule has 0 aliphatic heterocycles. The monoisotopic (exact) mass is 471 g/mol. The maximum Gasteiger partial charge on any atom is 0.243 e. The van der Waals surface area contributed by atoms with Crippen molar-refractivity contribution in [1.29, 1.82) is 0 Å². The maximum absolute atomic E-state index is 13.0. The first-order valence-electron chi connectivity index (χ1n) is 11.4. The highest BCUT2D eigenvalue weighted by molar-refractivity contribution is 7.89. The fourth-order valence-corrected chi connectivity index (χ4v) is 5.63. The van der Waals surface area contributed by atoms with Crippen LogP contribution in [0.1, 0.15) is 62.6 Å². The minimum absolute atomic E-state index is 0.0376. The Morgan fingerprint density at radius 3 is 2.18 bits per heavy atom. The molecule has 1 unspecified atom stereocenters. The van der Waals surface area contributed by atoms with Crippen LogP contribution in [0.2, 0.25) is 0 Å². The van der Waals surface area contributed by atoms with E-state index in [0.29, 0.717) is 5.69 Å². The molecular weight excluding hydrogens is 438 g/mol. The van der Waals surface area contributed by atoms with Crippen molar-refractivity contribution in [3.05, 3.63) is 59.7 Å². The number of nitrogens with zero attached hydrogens (tertiary/aromatic N) is 1. The summed E-state index contributed by atoms with van der Waals surface area (Å²) in [4.78, 5) is 24.5. The summed E-state index contributed by atoms with van der Waals surface area (Å²) in [5, 5.41) is 5.62. The van der Waals surface area contributed by atoms with Crippen molar-refractivity contribution in [1.82, 2.24) is 9.62 Å². The van der Waals surface area contributed by atoms with Crippen LogP contribution in [0.15, 0.2) is 53.4 Å². The number of hydrogen-bond donors (Lipinski definition) is 2. The first-order valence-corrected chi connectivity index (χ1v) is 12.8. The van der Waals surface area contributed by atoms with Crippen molar-refractivity contribution in [3.63, 3.8) is 0 Å². The Morgan fingerprint density at radius 1 is 1.00 bits per heavy atom. The van der Waals surface area contributed by atoms with Crippen molar-refractivity contribution < 1.29 is 18.0 Å². The molecule has 178 valence electrons. The maximum atomic E-state index is 13.0. The summed E-state index contributed by atoms with van der Waals surface area (Å²) in [5.41, 5.74) is 2.44. The molecule has 3 rings (SSSR count). The van der Waals surface area contributed by atoms with Crippen LogP contribution < -0.4 is 10.6 Å². The van der Waals surface area contributed by atoms with Crippen molar-refractivity contribution in [3.8, 4) is 0 Å². The summed E-state index contributed by atoms with van der Waals surface area (Å²) >= 11 is 0. The van der Waals surface area contributed by atoms with Crippen LogP contribution >= 0.6 is 0 Å². The molecule has 8 heteroatoms. The number of anilines is 1. The molecule has 0 saturated heterocycles. The summed E-state index contributed by atoms with van der Waals surface area (Å²) in [6.07, 6.45) is 5.11. The Morgan fingerprint density at radius 2 is 1.61 bits per heavy atom. The van der Waals surface area contributed by atoms with E-state index < -0.39 is 16.1 Å². The van der Waals surface area contributed by atoms with Gasteiger partial charge in [-0.2, -0.15) is 4.31 Å². The van der Waals surface area contributed by atoms with Gasteiger partial charge < -0.3 is 10.6 Å². The van der Waals surface area contributed by atoms with Crippen molar-refractivity contribution >= 4 is 27.5 Å². The van der Waals surface area contributed by atoms with Crippen molar-refractivity contribution in [2.24, 2.45) is 0 Å². The third-order valence-electron chi connectivity index (χ3n) is 6.15. The van der Waals surface area contributed by atoms with E-state index in [-0.39, 0.29) is 29.2 Å². The highest BCUT2D eigenvalue weighted by atomic mass is 32.2. The van der Waals surface area contributed by atoms with Gasteiger partial charge in [0.25, 0.3) is 0 Å². The van der Waals surface area contributed by atoms with E-state index in [1.165, 1.54) is 23.4 Å². The molecule has 2 N–H and O–H groups in total. The molecule has 0 aromatic heterocycles. The van der Waals surface area contributed by atoms with E-state index in [0.717, 1.165) is 43.2 Å². The summed E-state index contributed by atoms with van der Waals surface area (Å²) in [6, 6.07) is 13.5. The average Bonchev–Trinajstić information content (AvgIpc) is 2.79. The van der Waals surface area contributed by atoms with E-state index >= 15 is 0 Å². The van der Waals surface area contributed by atoms with Gasteiger partial charge in [0.05, 0.1) is 17.4 Å². The number of sulfonamides is 1. The van der Waals surface area contributed by atoms with Crippen LogP contribution in [-0.4, -0.2) is 37.6 Å². The summed E-state index contributed by atoms with van der Waals surface area (Å²) in [7, 11) is -1.94. The lowest BCUT2D eigenvalue weighted by Gasteiger charge is -2.30. The van der Waals surface area contributed by atoms with E-state index in [1.54, 1.807) is 19.2 Å². The van der Waals surface area contributed by atoms with Crippen LogP contribution in [0.25, 0.3) is 0 Å². The number of rotatable bonds is 8. The topological polar surface area (TPSA) is 95.6 Å². The summed E-state index contributed by atoms with van der Waals surface area (Å²) < 4.78 is 27.5. The van der Waals surface area contributed by atoms with Gasteiger partial charge in [0.2, 0.25) is 21.8 Å². The molecular formula is C25H33N3O4S. The highest BCUT2D eigenvalue weighted by Crippen LogP contribution is 2.27. The summed E-state index contributed by atoms with van der Waals surface area (Å²) in [5.74, 6) is -0.491. The van der Waals surface area contributed by atoms with E-state index in [2.05, 4.69) is 10.6 Å². The van der Waals surface area contributed by atoms with Gasteiger partial charge in [-0.1, -0.05) is 49.1 Å². The van der Waals surface area contributed by atoms with E-state index in [4.69, 9.17) is 0 Å². The number of nitrogens with one attached hydrogen (secondary N) is 2. The predicted octanol–water partition coefficient (Wildman–Crippen LogP) is 4.15. The third kappa shape index (κ3) is 6.65. The van der Waals surface area contributed by atoms with Gasteiger partial charge in [-0.3, -0.25) is 9.59 Å². The van der Waals surface area contributed by atoms with Gasteiger partial charge in [0.15, 0.2) is 0 Å². The van der Waals surface area contributed by atoms with Crippen molar-refractivity contribution in [2.45, 2.75) is 69.4 Å². The second-order valence-electron chi connectivity index (χ2n) is 8.75. The normalized spacial score (nSPS) is 15.8. The van der Waals surface area contributed by atoms with E-state index in [1.807, 2.05) is 31.2 Å². The van der Waals surface area contributed by atoms with Gasteiger partial charge in [-0.05, 0) is 49.6 Å². The molecule has 1 atom stereocenters. The fraction of sp³-hybridized carbons (Fsp3) is 0.440. The largest absolute Gasteiger partial charge is 0.349 e. The van der Waals surface area contributed by atoms with Gasteiger partial charge in [0, 0.05) is 25.7 Å². The van der Waals surface area contributed by atoms with Gasteiger partial charge in [-0.25, -0.2) is 8.42 Å². The summed E-state index contributed by atoms with van der Waals surface area (Å²) in [6.45, 7) is 3.39. The van der Waals surface area contributed by atoms with Crippen LogP contribution in [0, 0.1) is 6.92 Å². The van der Waals surface area contributed by atoms with Gasteiger partial charge in [-0.15, -0.1) is 0 Å².